The highest BCUT2D eigenvalue weighted by Crippen LogP contribution is 2.28. The van der Waals surface area contributed by atoms with Crippen LogP contribution in [-0.4, -0.2) is 10.8 Å². The van der Waals surface area contributed by atoms with E-state index < -0.39 is 0 Å². The summed E-state index contributed by atoms with van der Waals surface area (Å²) in [6.45, 7) is 3.82. The number of anilines is 1. The summed E-state index contributed by atoms with van der Waals surface area (Å²) in [7, 11) is 0. The smallest absolute Gasteiger partial charge is 0.253 e. The molecule has 5 heteroatoms. The van der Waals surface area contributed by atoms with Crippen LogP contribution >= 0.6 is 11.8 Å². The minimum atomic E-state index is -0.333. The highest BCUT2D eigenvalue weighted by molar-refractivity contribution is 7.99. The van der Waals surface area contributed by atoms with Crippen LogP contribution in [0.25, 0.3) is 0 Å². The maximum atomic E-state index is 10.2. The van der Waals surface area contributed by atoms with Crippen molar-refractivity contribution in [2.75, 3.05) is 11.6 Å². The molecule has 0 aliphatic carbocycles. The van der Waals surface area contributed by atoms with Crippen molar-refractivity contribution in [2.45, 2.75) is 18.7 Å². The minimum Gasteiger partial charge on any atom is -0.399 e. The van der Waals surface area contributed by atoms with E-state index in [9.17, 15) is 10.1 Å². The molecule has 0 unspecified atom stereocenters. The molecule has 76 valence electrons. The van der Waals surface area contributed by atoms with Crippen molar-refractivity contribution in [3.63, 3.8) is 0 Å². The summed E-state index contributed by atoms with van der Waals surface area (Å²) in [5.41, 5.74) is 8.33. The summed E-state index contributed by atoms with van der Waals surface area (Å²) in [6, 6.07) is 3.66. The lowest BCUT2D eigenvalue weighted by molar-refractivity contribution is -0.456. The monoisotopic (exact) mass is 212 g/mol. The van der Waals surface area contributed by atoms with Crippen LogP contribution in [0.3, 0.4) is 0 Å². The van der Waals surface area contributed by atoms with Gasteiger partial charge in [0, 0.05) is 15.5 Å². The summed E-state index contributed by atoms with van der Waals surface area (Å²) in [5.74, 6) is -0.106. The largest absolute Gasteiger partial charge is 0.399 e. The molecule has 14 heavy (non-hydrogen) atoms. The van der Waals surface area contributed by atoms with E-state index in [1.807, 2.05) is 26.0 Å². The molecule has 4 nitrogen and oxygen atoms in total. The highest BCUT2D eigenvalue weighted by Gasteiger charge is 2.07. The molecule has 0 amide bonds. The molecule has 0 saturated heterocycles. The zero-order chi connectivity index (χ0) is 10.7. The molecule has 0 atom stereocenters. The number of nitrogens with two attached hydrogens (primary N) is 1. The first-order chi connectivity index (χ1) is 6.50. The van der Waals surface area contributed by atoms with E-state index in [0.29, 0.717) is 5.69 Å². The summed E-state index contributed by atoms with van der Waals surface area (Å²) >= 11 is 1.24. The molecule has 0 fully saturated rings. The lowest BCUT2D eigenvalue weighted by atomic mass is 10.1. The Morgan fingerprint density at radius 1 is 1.43 bits per heavy atom. The minimum absolute atomic E-state index is 0.106. The summed E-state index contributed by atoms with van der Waals surface area (Å²) in [5, 5.41) is 10.2. The number of benzene rings is 1. The first-order valence-corrected chi connectivity index (χ1v) is 5.10. The topological polar surface area (TPSA) is 69.2 Å². The number of aryl methyl sites for hydroxylation is 2. The van der Waals surface area contributed by atoms with Gasteiger partial charge in [0.15, 0.2) is 0 Å². The fourth-order valence-corrected chi connectivity index (χ4v) is 2.14. The van der Waals surface area contributed by atoms with E-state index in [4.69, 9.17) is 5.73 Å². The predicted octanol–water partition coefficient (Wildman–Crippen LogP) is 2.21. The van der Waals surface area contributed by atoms with Gasteiger partial charge in [0.1, 0.15) is 0 Å². The Morgan fingerprint density at radius 2 is 1.93 bits per heavy atom. The normalized spacial score (nSPS) is 10.1. The molecule has 0 heterocycles. The molecule has 0 saturated carbocycles. The van der Waals surface area contributed by atoms with Crippen LogP contribution in [-0.2, 0) is 0 Å². The molecular formula is C9H12N2O2S. The van der Waals surface area contributed by atoms with Crippen molar-refractivity contribution in [3.8, 4) is 0 Å². The van der Waals surface area contributed by atoms with E-state index >= 15 is 0 Å². The molecule has 1 rings (SSSR count). The fraction of sp³-hybridized carbons (Fsp3) is 0.333. The molecule has 0 aromatic heterocycles. The summed E-state index contributed by atoms with van der Waals surface area (Å²) in [6.07, 6.45) is 0. The van der Waals surface area contributed by atoms with Gasteiger partial charge in [0.2, 0.25) is 0 Å². The quantitative estimate of drug-likeness (QED) is 0.274. The lowest BCUT2D eigenvalue weighted by Crippen LogP contribution is -1.98. The second-order valence-corrected chi connectivity index (χ2v) is 4.05. The van der Waals surface area contributed by atoms with E-state index in [1.54, 1.807) is 0 Å². The maximum absolute atomic E-state index is 10.2. The van der Waals surface area contributed by atoms with Gasteiger partial charge in [-0.3, -0.25) is 10.1 Å². The van der Waals surface area contributed by atoms with E-state index in [0.717, 1.165) is 16.0 Å². The third kappa shape index (κ3) is 2.63. The number of nitrogens with zero attached hydrogens (tertiary/aromatic N) is 1. The van der Waals surface area contributed by atoms with Crippen molar-refractivity contribution < 1.29 is 4.92 Å². The second kappa shape index (κ2) is 4.32. The zero-order valence-corrected chi connectivity index (χ0v) is 8.93. The lowest BCUT2D eigenvalue weighted by Gasteiger charge is -2.07. The van der Waals surface area contributed by atoms with Crippen molar-refractivity contribution in [2.24, 2.45) is 0 Å². The predicted molar refractivity (Wildman–Crippen MR) is 58.0 cm³/mol. The zero-order valence-electron chi connectivity index (χ0n) is 8.11. The van der Waals surface area contributed by atoms with Crippen LogP contribution < -0.4 is 5.73 Å². The van der Waals surface area contributed by atoms with Crippen LogP contribution in [0.2, 0.25) is 0 Å². The van der Waals surface area contributed by atoms with E-state index in [1.165, 1.54) is 11.8 Å². The average Bonchev–Trinajstić information content (AvgIpc) is 2.01. The standard InChI is InChI=1S/C9H12N2O2S/c1-6-3-8(10)4-7(2)9(6)14-5-11(12)13/h3-4H,5,10H2,1-2H3. The number of nitro groups is 1. The Hall–Kier alpha value is -1.23. The Morgan fingerprint density at radius 3 is 2.36 bits per heavy atom. The first kappa shape index (κ1) is 10.8. The molecular weight excluding hydrogens is 200 g/mol. The number of rotatable bonds is 3. The van der Waals surface area contributed by atoms with Crippen molar-refractivity contribution in [3.05, 3.63) is 33.4 Å². The Kier molecular flexibility index (Phi) is 3.35. The van der Waals surface area contributed by atoms with E-state index in [-0.39, 0.29) is 10.8 Å². The summed E-state index contributed by atoms with van der Waals surface area (Å²) in [4.78, 5) is 10.8. The molecule has 1 aromatic rings. The van der Waals surface area contributed by atoms with Crippen molar-refractivity contribution in [1.29, 1.82) is 0 Å². The van der Waals surface area contributed by atoms with Crippen LogP contribution in [0.5, 0.6) is 0 Å². The van der Waals surface area contributed by atoms with Gasteiger partial charge >= 0.3 is 0 Å². The number of nitrogen functional groups attached to an aromatic ring is 1. The SMILES string of the molecule is Cc1cc(N)cc(C)c1SC[N+](=O)[O-]. The number of hydrogen-bond acceptors (Lipinski definition) is 4. The summed E-state index contributed by atoms with van der Waals surface area (Å²) < 4.78 is 0. The van der Waals surface area contributed by atoms with Gasteiger partial charge in [0.25, 0.3) is 5.88 Å². The van der Waals surface area contributed by atoms with Crippen molar-refractivity contribution >= 4 is 17.4 Å². The fourth-order valence-electron chi connectivity index (χ4n) is 1.33. The van der Waals surface area contributed by atoms with Gasteiger partial charge in [-0.15, -0.1) is 0 Å². The third-order valence-electron chi connectivity index (χ3n) is 1.80. The molecule has 0 bridgehead atoms. The molecule has 2 N–H and O–H groups in total. The van der Waals surface area contributed by atoms with Gasteiger partial charge in [-0.2, -0.15) is 0 Å². The number of thioether (sulfide) groups is 1. The second-order valence-electron chi connectivity index (χ2n) is 3.09. The Balaban J connectivity index is 2.91. The molecule has 1 aromatic carbocycles. The van der Waals surface area contributed by atoms with Gasteiger partial charge < -0.3 is 5.73 Å². The average molecular weight is 212 g/mol. The highest BCUT2D eigenvalue weighted by atomic mass is 32.2. The third-order valence-corrected chi connectivity index (χ3v) is 3.07. The molecule has 0 aliphatic heterocycles. The number of hydrogen-bond donors (Lipinski definition) is 1. The van der Waals surface area contributed by atoms with Crippen LogP contribution in [0, 0.1) is 24.0 Å². The molecule has 0 aliphatic rings. The van der Waals surface area contributed by atoms with Crippen molar-refractivity contribution in [1.82, 2.24) is 0 Å². The van der Waals surface area contributed by atoms with Gasteiger partial charge in [-0.1, -0.05) is 0 Å². The van der Waals surface area contributed by atoms with Gasteiger partial charge in [-0.05, 0) is 48.9 Å². The van der Waals surface area contributed by atoms with E-state index in [2.05, 4.69) is 0 Å². The van der Waals surface area contributed by atoms with Crippen LogP contribution in [0.15, 0.2) is 17.0 Å². The Bertz CT molecular complexity index is 343. The first-order valence-electron chi connectivity index (χ1n) is 4.12. The van der Waals surface area contributed by atoms with Crippen LogP contribution in [0.4, 0.5) is 5.69 Å². The van der Waals surface area contributed by atoms with Gasteiger partial charge in [-0.25, -0.2) is 0 Å². The van der Waals surface area contributed by atoms with Gasteiger partial charge in [0.05, 0.1) is 0 Å². The maximum Gasteiger partial charge on any atom is 0.253 e. The Labute approximate surface area is 86.6 Å². The molecule has 0 spiro atoms. The van der Waals surface area contributed by atoms with Crippen LogP contribution in [0.1, 0.15) is 11.1 Å². The molecule has 0 radical (unpaired) electrons.